The van der Waals surface area contributed by atoms with Crippen molar-refractivity contribution in [2.45, 2.75) is 20.3 Å². The summed E-state index contributed by atoms with van der Waals surface area (Å²) in [6.45, 7) is 3.91. The van der Waals surface area contributed by atoms with E-state index in [-0.39, 0.29) is 11.3 Å². The molecule has 5 nitrogen and oxygen atoms in total. The van der Waals surface area contributed by atoms with E-state index in [4.69, 9.17) is 31.8 Å². The Kier molecular flexibility index (Phi) is 4.37. The average molecular weight is 311 g/mol. The molecule has 0 amide bonds. The van der Waals surface area contributed by atoms with E-state index in [2.05, 4.69) is 5.32 Å². The van der Waals surface area contributed by atoms with E-state index in [1.807, 2.05) is 19.9 Å². The molecule has 2 aromatic rings. The van der Waals surface area contributed by atoms with Gasteiger partial charge in [-0.15, -0.1) is 0 Å². The molecular formula is C16H11ClN4O. The molecule has 0 unspecified atom stereocenters. The maximum atomic E-state index is 9.13. The number of aryl methyl sites for hydroxylation is 2. The lowest BCUT2D eigenvalue weighted by atomic mass is 10.1. The molecule has 0 atom stereocenters. The third-order valence-corrected chi connectivity index (χ3v) is 3.49. The molecule has 0 radical (unpaired) electrons. The molecule has 0 aliphatic heterocycles. The van der Waals surface area contributed by atoms with Crippen molar-refractivity contribution in [3.63, 3.8) is 0 Å². The number of nitrogens with one attached hydrogen (secondary N) is 1. The highest BCUT2D eigenvalue weighted by molar-refractivity contribution is 6.32. The lowest BCUT2D eigenvalue weighted by molar-refractivity contribution is 0.554. The Morgan fingerprint density at radius 1 is 1.23 bits per heavy atom. The number of halogens is 1. The van der Waals surface area contributed by atoms with Gasteiger partial charge in [-0.1, -0.05) is 18.5 Å². The van der Waals surface area contributed by atoms with Crippen LogP contribution in [0.5, 0.6) is 0 Å². The second-order valence-electron chi connectivity index (χ2n) is 4.54. The Morgan fingerprint density at radius 3 is 2.45 bits per heavy atom. The van der Waals surface area contributed by atoms with E-state index < -0.39 is 0 Å². The summed E-state index contributed by atoms with van der Waals surface area (Å²) in [6.07, 6.45) is 0.722. The van der Waals surface area contributed by atoms with Crippen LogP contribution in [0, 0.1) is 40.9 Å². The minimum Gasteiger partial charge on any atom is -0.459 e. The molecule has 6 heteroatoms. The second-order valence-corrected chi connectivity index (χ2v) is 4.98. The monoisotopic (exact) mass is 310 g/mol. The fraction of sp³-hybridized carbons (Fsp3) is 0.188. The molecule has 22 heavy (non-hydrogen) atoms. The quantitative estimate of drug-likeness (QED) is 0.857. The number of rotatable bonds is 3. The molecule has 0 saturated heterocycles. The summed E-state index contributed by atoms with van der Waals surface area (Å²) >= 11 is 6.11. The molecule has 1 N–H and O–H groups in total. The second kappa shape index (κ2) is 6.22. The molecule has 2 rings (SSSR count). The lowest BCUT2D eigenvalue weighted by Crippen LogP contribution is -2.01. The predicted molar refractivity (Wildman–Crippen MR) is 82.8 cm³/mol. The van der Waals surface area contributed by atoms with Crippen molar-refractivity contribution in [2.75, 3.05) is 5.32 Å². The highest BCUT2D eigenvalue weighted by Crippen LogP contribution is 2.35. The van der Waals surface area contributed by atoms with Crippen molar-refractivity contribution >= 4 is 28.3 Å². The third-order valence-electron chi connectivity index (χ3n) is 3.27. The van der Waals surface area contributed by atoms with E-state index in [0.717, 1.165) is 23.1 Å². The third kappa shape index (κ3) is 2.61. The van der Waals surface area contributed by atoms with Crippen LogP contribution in [-0.4, -0.2) is 0 Å². The van der Waals surface area contributed by atoms with Gasteiger partial charge in [0.2, 0.25) is 0 Å². The number of hydrogen-bond acceptors (Lipinski definition) is 5. The van der Waals surface area contributed by atoms with Gasteiger partial charge in [-0.05, 0) is 24.6 Å². The number of allylic oxidation sites excluding steroid dienone is 2. The van der Waals surface area contributed by atoms with Crippen molar-refractivity contribution in [1.82, 2.24) is 0 Å². The first-order valence-corrected chi connectivity index (χ1v) is 6.86. The Hall–Kier alpha value is -2.94. The fourth-order valence-corrected chi connectivity index (χ4v) is 2.40. The maximum absolute atomic E-state index is 9.13. The van der Waals surface area contributed by atoms with Crippen molar-refractivity contribution < 1.29 is 4.42 Å². The lowest BCUT2D eigenvalue weighted by Gasteiger charge is -2.06. The maximum Gasteiger partial charge on any atom is 0.163 e. The van der Waals surface area contributed by atoms with Crippen LogP contribution in [0.25, 0.3) is 11.0 Å². The van der Waals surface area contributed by atoms with Crippen LogP contribution in [0.15, 0.2) is 27.8 Å². The van der Waals surface area contributed by atoms with Crippen LogP contribution in [-0.2, 0) is 6.42 Å². The van der Waals surface area contributed by atoms with E-state index >= 15 is 0 Å². The minimum atomic E-state index is -0.297. The average Bonchev–Trinajstić information content (AvgIpc) is 2.84. The molecule has 0 aliphatic rings. The first kappa shape index (κ1) is 15.4. The van der Waals surface area contributed by atoms with Gasteiger partial charge < -0.3 is 9.73 Å². The number of benzene rings is 1. The molecule has 1 aromatic heterocycles. The van der Waals surface area contributed by atoms with E-state index in [1.165, 1.54) is 0 Å². The fourth-order valence-electron chi connectivity index (χ4n) is 2.18. The zero-order valence-electron chi connectivity index (χ0n) is 12.0. The summed E-state index contributed by atoms with van der Waals surface area (Å²) < 4.78 is 5.81. The smallest absolute Gasteiger partial charge is 0.163 e. The largest absolute Gasteiger partial charge is 0.459 e. The Labute approximate surface area is 132 Å². The summed E-state index contributed by atoms with van der Waals surface area (Å²) in [5.41, 5.74) is 1.54. The number of anilines is 1. The van der Waals surface area contributed by atoms with Crippen LogP contribution >= 0.6 is 11.6 Å². The molecular weight excluding hydrogens is 300 g/mol. The SMILES string of the molecule is CCc1oc2c(NC(C#N)=C(C#N)C#N)cc(Cl)cc2c1C. The van der Waals surface area contributed by atoms with Crippen LogP contribution in [0.3, 0.4) is 0 Å². The first-order valence-electron chi connectivity index (χ1n) is 6.48. The predicted octanol–water partition coefficient (Wildman–Crippen LogP) is 4.19. The normalized spacial score (nSPS) is 9.64. The summed E-state index contributed by atoms with van der Waals surface area (Å²) in [7, 11) is 0. The van der Waals surface area contributed by atoms with E-state index in [1.54, 1.807) is 24.3 Å². The summed E-state index contributed by atoms with van der Waals surface area (Å²) in [5.74, 6) is 0.823. The molecule has 0 saturated carbocycles. The highest BCUT2D eigenvalue weighted by atomic mass is 35.5. The van der Waals surface area contributed by atoms with Crippen LogP contribution < -0.4 is 5.32 Å². The molecule has 0 aliphatic carbocycles. The van der Waals surface area contributed by atoms with Crippen molar-refractivity contribution in [2.24, 2.45) is 0 Å². The number of fused-ring (bicyclic) bond motifs is 1. The van der Waals surface area contributed by atoms with Crippen molar-refractivity contribution in [3.8, 4) is 18.2 Å². The molecule has 1 aromatic carbocycles. The zero-order valence-corrected chi connectivity index (χ0v) is 12.7. The first-order chi connectivity index (χ1) is 10.5. The molecule has 0 bridgehead atoms. The van der Waals surface area contributed by atoms with Gasteiger partial charge in [0.25, 0.3) is 0 Å². The van der Waals surface area contributed by atoms with Gasteiger partial charge in [0.15, 0.2) is 11.2 Å². The topological polar surface area (TPSA) is 96.5 Å². The molecule has 108 valence electrons. The summed E-state index contributed by atoms with van der Waals surface area (Å²) in [5, 5.41) is 31.0. The van der Waals surface area contributed by atoms with E-state index in [0.29, 0.717) is 16.3 Å². The highest BCUT2D eigenvalue weighted by Gasteiger charge is 2.16. The Morgan fingerprint density at radius 2 is 1.91 bits per heavy atom. The van der Waals surface area contributed by atoms with Gasteiger partial charge in [0.1, 0.15) is 29.7 Å². The number of furan rings is 1. The van der Waals surface area contributed by atoms with Crippen LogP contribution in [0.2, 0.25) is 5.02 Å². The molecule has 1 heterocycles. The van der Waals surface area contributed by atoms with Gasteiger partial charge in [-0.25, -0.2) is 0 Å². The Balaban J connectivity index is 2.67. The summed E-state index contributed by atoms with van der Waals surface area (Å²) in [4.78, 5) is 0. The van der Waals surface area contributed by atoms with Crippen molar-refractivity contribution in [3.05, 3.63) is 39.7 Å². The van der Waals surface area contributed by atoms with Crippen molar-refractivity contribution in [1.29, 1.82) is 15.8 Å². The van der Waals surface area contributed by atoms with E-state index in [9.17, 15) is 0 Å². The number of nitrogens with zero attached hydrogens (tertiary/aromatic N) is 3. The van der Waals surface area contributed by atoms with Crippen LogP contribution in [0.1, 0.15) is 18.2 Å². The van der Waals surface area contributed by atoms with Gasteiger partial charge in [-0.3, -0.25) is 0 Å². The van der Waals surface area contributed by atoms with Gasteiger partial charge >= 0.3 is 0 Å². The molecule has 0 fully saturated rings. The van der Waals surface area contributed by atoms with Gasteiger partial charge in [0.05, 0.1) is 5.69 Å². The number of nitriles is 3. The van der Waals surface area contributed by atoms with Gasteiger partial charge in [-0.2, -0.15) is 15.8 Å². The Bertz CT molecular complexity index is 887. The minimum absolute atomic E-state index is 0.138. The standard InChI is InChI=1S/C16H11ClN4O/c1-3-15-9(2)12-4-11(17)5-13(16(12)22-15)21-14(8-20)10(6-18)7-19/h4-5,21H,3H2,1-2H3. The summed E-state index contributed by atoms with van der Waals surface area (Å²) in [6, 6.07) is 8.55. The molecule has 0 spiro atoms. The number of hydrogen-bond donors (Lipinski definition) is 1. The van der Waals surface area contributed by atoms with Crippen LogP contribution in [0.4, 0.5) is 5.69 Å². The van der Waals surface area contributed by atoms with Gasteiger partial charge in [0, 0.05) is 16.8 Å². The zero-order chi connectivity index (χ0) is 16.3.